The van der Waals surface area contributed by atoms with E-state index in [1.54, 1.807) is 0 Å². The maximum atomic E-state index is 5.46. The Bertz CT molecular complexity index is 1600. The number of fused-ring (bicyclic) bond motifs is 1. The fraction of sp³-hybridized carbons (Fsp3) is 0.308. The second-order valence-corrected chi connectivity index (χ2v) is 11.6. The molecule has 41 heavy (non-hydrogen) atoms. The molecule has 5 aromatic rings. The maximum absolute atomic E-state index is 5.46. The molecule has 1 heterocycles. The molecule has 0 saturated carbocycles. The highest BCUT2D eigenvalue weighted by Gasteiger charge is 2.22. The Morgan fingerprint density at radius 1 is 0.659 bits per heavy atom. The van der Waals surface area contributed by atoms with Crippen molar-refractivity contribution in [2.24, 2.45) is 0 Å². The lowest BCUT2D eigenvalue weighted by atomic mass is 9.86. The highest BCUT2D eigenvalue weighted by Crippen LogP contribution is 2.38. The highest BCUT2D eigenvalue weighted by atomic mass is 15.0. The van der Waals surface area contributed by atoms with Gasteiger partial charge >= 0.3 is 0 Å². The molecule has 0 radical (unpaired) electrons. The molecule has 1 aromatic heterocycles. The van der Waals surface area contributed by atoms with E-state index >= 15 is 0 Å². The van der Waals surface area contributed by atoms with Crippen molar-refractivity contribution in [1.82, 2.24) is 4.98 Å². The summed E-state index contributed by atoms with van der Waals surface area (Å²) in [5, 5.41) is 6.47. The first kappa shape index (κ1) is 28.6. The SMILES string of the molecule is CCCCCCC(C)c1ccc2ccccc2c1-c1cccc(C(Nc2c(C)cccc2C)c2ccccc2C)n1. The number of rotatable bonds is 11. The van der Waals surface area contributed by atoms with Crippen molar-refractivity contribution >= 4 is 16.5 Å². The summed E-state index contributed by atoms with van der Waals surface area (Å²) in [5.74, 6) is 0.469. The molecule has 0 aliphatic carbocycles. The Kier molecular flexibility index (Phi) is 9.19. The van der Waals surface area contributed by atoms with E-state index in [0.717, 1.165) is 11.4 Å². The molecule has 1 N–H and O–H groups in total. The number of anilines is 1. The number of benzene rings is 4. The first-order valence-corrected chi connectivity index (χ1v) is 15.3. The molecule has 0 fully saturated rings. The standard InChI is InChI=1S/C39H44N2/c1-6-7-8-9-16-27(2)32-26-25-31-20-11-13-22-34(31)37(32)35-23-15-24-36(40-35)39(33-21-12-10-17-28(33)3)41-38-29(4)18-14-19-30(38)5/h10-15,17-27,39,41H,6-9,16H2,1-5H3. The molecule has 0 aliphatic heterocycles. The number of aromatic nitrogens is 1. The van der Waals surface area contributed by atoms with Crippen LogP contribution in [0.2, 0.25) is 0 Å². The molecule has 210 valence electrons. The van der Waals surface area contributed by atoms with Gasteiger partial charge in [0.05, 0.1) is 17.4 Å². The van der Waals surface area contributed by atoms with Crippen LogP contribution in [0.15, 0.2) is 97.1 Å². The molecule has 2 heteroatoms. The summed E-state index contributed by atoms with van der Waals surface area (Å²) in [5.41, 5.74) is 11.0. The third-order valence-corrected chi connectivity index (χ3v) is 8.57. The Morgan fingerprint density at radius 3 is 2.15 bits per heavy atom. The van der Waals surface area contributed by atoms with Crippen molar-refractivity contribution in [2.75, 3.05) is 5.32 Å². The minimum atomic E-state index is -0.0687. The van der Waals surface area contributed by atoms with Gasteiger partial charge < -0.3 is 5.32 Å². The lowest BCUT2D eigenvalue weighted by molar-refractivity contribution is 0.581. The van der Waals surface area contributed by atoms with Crippen molar-refractivity contribution < 1.29 is 0 Å². The van der Waals surface area contributed by atoms with E-state index in [-0.39, 0.29) is 6.04 Å². The minimum Gasteiger partial charge on any atom is -0.372 e. The monoisotopic (exact) mass is 540 g/mol. The lowest BCUT2D eigenvalue weighted by Gasteiger charge is -2.25. The predicted molar refractivity (Wildman–Crippen MR) is 177 cm³/mol. The molecule has 2 unspecified atom stereocenters. The largest absolute Gasteiger partial charge is 0.372 e. The smallest absolute Gasteiger partial charge is 0.0943 e. The normalized spacial score (nSPS) is 12.8. The second-order valence-electron chi connectivity index (χ2n) is 11.6. The van der Waals surface area contributed by atoms with E-state index in [4.69, 9.17) is 4.98 Å². The van der Waals surface area contributed by atoms with Crippen molar-refractivity contribution in [3.8, 4) is 11.3 Å². The molecule has 0 aliphatic rings. The van der Waals surface area contributed by atoms with Gasteiger partial charge in [-0.2, -0.15) is 0 Å². The van der Waals surface area contributed by atoms with Crippen LogP contribution in [-0.4, -0.2) is 4.98 Å². The van der Waals surface area contributed by atoms with E-state index in [0.29, 0.717) is 5.92 Å². The molecule has 5 rings (SSSR count). The van der Waals surface area contributed by atoms with Crippen molar-refractivity contribution in [1.29, 1.82) is 0 Å². The molecule has 0 spiro atoms. The zero-order valence-electron chi connectivity index (χ0n) is 25.4. The molecule has 0 bridgehead atoms. The van der Waals surface area contributed by atoms with E-state index in [1.807, 2.05) is 0 Å². The van der Waals surface area contributed by atoms with Gasteiger partial charge in [-0.25, -0.2) is 0 Å². The third-order valence-electron chi connectivity index (χ3n) is 8.57. The van der Waals surface area contributed by atoms with Crippen LogP contribution in [0.1, 0.15) is 91.4 Å². The number of aryl methyl sites for hydroxylation is 3. The number of nitrogens with one attached hydrogen (secondary N) is 1. The van der Waals surface area contributed by atoms with Crippen LogP contribution >= 0.6 is 0 Å². The average molecular weight is 541 g/mol. The topological polar surface area (TPSA) is 24.9 Å². The van der Waals surface area contributed by atoms with Gasteiger partial charge in [0, 0.05) is 11.3 Å². The van der Waals surface area contributed by atoms with Gasteiger partial charge in [0.25, 0.3) is 0 Å². The molecule has 2 atom stereocenters. The van der Waals surface area contributed by atoms with Gasteiger partial charge in [-0.15, -0.1) is 0 Å². The Labute approximate surface area is 246 Å². The van der Waals surface area contributed by atoms with Gasteiger partial charge in [-0.05, 0) is 83.8 Å². The number of nitrogens with zero attached hydrogens (tertiary/aromatic N) is 1. The summed E-state index contributed by atoms with van der Waals surface area (Å²) in [4.78, 5) is 5.46. The fourth-order valence-electron chi connectivity index (χ4n) is 6.18. The number of pyridine rings is 1. The van der Waals surface area contributed by atoms with Gasteiger partial charge in [0.2, 0.25) is 0 Å². The summed E-state index contributed by atoms with van der Waals surface area (Å²) in [6, 6.07) is 35.1. The van der Waals surface area contributed by atoms with Crippen LogP contribution in [0.25, 0.3) is 22.0 Å². The Morgan fingerprint density at radius 2 is 1.37 bits per heavy atom. The van der Waals surface area contributed by atoms with Crippen LogP contribution in [0.5, 0.6) is 0 Å². The van der Waals surface area contributed by atoms with Gasteiger partial charge in [-0.1, -0.05) is 124 Å². The van der Waals surface area contributed by atoms with Crippen LogP contribution in [0.3, 0.4) is 0 Å². The minimum absolute atomic E-state index is 0.0687. The van der Waals surface area contributed by atoms with Crippen molar-refractivity contribution in [2.45, 2.75) is 78.7 Å². The second kappa shape index (κ2) is 13.2. The van der Waals surface area contributed by atoms with E-state index in [1.165, 1.54) is 81.9 Å². The number of hydrogen-bond donors (Lipinski definition) is 1. The summed E-state index contributed by atoms with van der Waals surface area (Å²) in [6.07, 6.45) is 6.35. The van der Waals surface area contributed by atoms with E-state index in [9.17, 15) is 0 Å². The quantitative estimate of drug-likeness (QED) is 0.169. The average Bonchev–Trinajstić information content (AvgIpc) is 2.99. The van der Waals surface area contributed by atoms with Gasteiger partial charge in [-0.3, -0.25) is 4.98 Å². The Balaban J connectivity index is 1.63. The zero-order chi connectivity index (χ0) is 28.8. The summed E-state index contributed by atoms with van der Waals surface area (Å²) < 4.78 is 0. The summed E-state index contributed by atoms with van der Waals surface area (Å²) in [6.45, 7) is 11.2. The zero-order valence-corrected chi connectivity index (χ0v) is 25.4. The van der Waals surface area contributed by atoms with Crippen molar-refractivity contribution in [3.05, 3.63) is 131 Å². The van der Waals surface area contributed by atoms with Crippen LogP contribution in [-0.2, 0) is 0 Å². The summed E-state index contributed by atoms with van der Waals surface area (Å²) in [7, 11) is 0. The lowest BCUT2D eigenvalue weighted by Crippen LogP contribution is -2.17. The molecular weight excluding hydrogens is 496 g/mol. The van der Waals surface area contributed by atoms with Crippen molar-refractivity contribution in [3.63, 3.8) is 0 Å². The molecular formula is C39H44N2. The maximum Gasteiger partial charge on any atom is 0.0943 e. The third kappa shape index (κ3) is 6.38. The van der Waals surface area contributed by atoms with E-state index < -0.39 is 0 Å². The van der Waals surface area contributed by atoms with Crippen LogP contribution in [0.4, 0.5) is 5.69 Å². The molecule has 4 aromatic carbocycles. The first-order chi connectivity index (χ1) is 20.0. The number of hydrogen-bond acceptors (Lipinski definition) is 2. The number of unbranched alkanes of at least 4 members (excludes halogenated alkanes) is 3. The van der Waals surface area contributed by atoms with Gasteiger partial charge in [0.15, 0.2) is 0 Å². The fourth-order valence-corrected chi connectivity index (χ4v) is 6.18. The highest BCUT2D eigenvalue weighted by molar-refractivity contribution is 5.97. The van der Waals surface area contributed by atoms with Gasteiger partial charge in [0.1, 0.15) is 0 Å². The Hall–Kier alpha value is -3.91. The number of para-hydroxylation sites is 1. The first-order valence-electron chi connectivity index (χ1n) is 15.3. The molecule has 0 amide bonds. The molecule has 2 nitrogen and oxygen atoms in total. The van der Waals surface area contributed by atoms with E-state index in [2.05, 4.69) is 137 Å². The molecule has 0 saturated heterocycles. The predicted octanol–water partition coefficient (Wildman–Crippen LogP) is 11.1. The van der Waals surface area contributed by atoms with Crippen LogP contribution in [0, 0.1) is 20.8 Å². The van der Waals surface area contributed by atoms with Crippen LogP contribution < -0.4 is 5.32 Å². The summed E-state index contributed by atoms with van der Waals surface area (Å²) >= 11 is 0.